The maximum absolute atomic E-state index is 11.0. The maximum atomic E-state index is 11.0. The van der Waals surface area contributed by atoms with Gasteiger partial charge in [-0.15, -0.1) is 0 Å². The number of anilines is 1. The highest BCUT2D eigenvalue weighted by Gasteiger charge is 2.15. The second-order valence-electron chi connectivity index (χ2n) is 4.50. The van der Waals surface area contributed by atoms with Crippen molar-refractivity contribution in [3.63, 3.8) is 0 Å². The topological polar surface area (TPSA) is 105 Å². The van der Waals surface area contributed by atoms with Gasteiger partial charge in [-0.2, -0.15) is 5.26 Å². The van der Waals surface area contributed by atoms with Gasteiger partial charge in [-0.25, -0.2) is 0 Å². The first kappa shape index (κ1) is 14.5. The van der Waals surface area contributed by atoms with E-state index in [1.54, 1.807) is 0 Å². The maximum Gasteiger partial charge on any atom is 0.293 e. The van der Waals surface area contributed by atoms with Crippen molar-refractivity contribution in [1.29, 1.82) is 5.26 Å². The number of hydrogen-bond donors (Lipinski definition) is 2. The van der Waals surface area contributed by atoms with Gasteiger partial charge in [0.05, 0.1) is 16.6 Å². The van der Waals surface area contributed by atoms with E-state index in [1.807, 2.05) is 36.4 Å². The molecule has 0 heterocycles. The highest BCUT2D eigenvalue weighted by atomic mass is 16.6. The molecule has 0 aliphatic heterocycles. The number of benzene rings is 2. The van der Waals surface area contributed by atoms with Gasteiger partial charge >= 0.3 is 0 Å². The van der Waals surface area contributed by atoms with Gasteiger partial charge in [0, 0.05) is 18.7 Å². The zero-order chi connectivity index (χ0) is 15.2. The molecule has 0 fully saturated rings. The van der Waals surface area contributed by atoms with Crippen LogP contribution in [-0.2, 0) is 0 Å². The van der Waals surface area contributed by atoms with E-state index in [0.29, 0.717) is 12.2 Å². The van der Waals surface area contributed by atoms with E-state index in [9.17, 15) is 10.1 Å². The Morgan fingerprint density at radius 2 is 2.00 bits per heavy atom. The lowest BCUT2D eigenvalue weighted by Gasteiger charge is -2.14. The van der Waals surface area contributed by atoms with E-state index in [0.717, 1.165) is 5.56 Å². The van der Waals surface area contributed by atoms with Gasteiger partial charge < -0.3 is 11.1 Å². The lowest BCUT2D eigenvalue weighted by molar-refractivity contribution is -0.384. The summed E-state index contributed by atoms with van der Waals surface area (Å²) in [6, 6.07) is 15.4. The first-order valence-corrected chi connectivity index (χ1v) is 6.34. The molecule has 2 aromatic carbocycles. The van der Waals surface area contributed by atoms with E-state index in [4.69, 9.17) is 11.0 Å². The molecule has 2 aromatic rings. The number of nitriles is 1. The molecule has 1 atom stereocenters. The fourth-order valence-electron chi connectivity index (χ4n) is 1.94. The molecule has 0 saturated heterocycles. The minimum absolute atomic E-state index is 0.130. The van der Waals surface area contributed by atoms with Crippen LogP contribution in [0.2, 0.25) is 0 Å². The van der Waals surface area contributed by atoms with E-state index in [1.165, 1.54) is 18.2 Å². The van der Waals surface area contributed by atoms with E-state index >= 15 is 0 Å². The predicted molar refractivity (Wildman–Crippen MR) is 79.7 cm³/mol. The van der Waals surface area contributed by atoms with Crippen LogP contribution in [0.4, 0.5) is 11.4 Å². The van der Waals surface area contributed by atoms with Gasteiger partial charge in [0.1, 0.15) is 5.69 Å². The Bertz CT molecular complexity index is 680. The zero-order valence-corrected chi connectivity index (χ0v) is 11.2. The molecule has 0 aliphatic carbocycles. The van der Waals surface area contributed by atoms with Crippen LogP contribution in [0.15, 0.2) is 48.5 Å². The molecule has 0 saturated carbocycles. The molecular formula is C15H14N4O2. The Hall–Kier alpha value is -2.91. The Morgan fingerprint density at radius 3 is 2.62 bits per heavy atom. The fraction of sp³-hybridized carbons (Fsp3) is 0.133. The van der Waals surface area contributed by atoms with Gasteiger partial charge in [0.15, 0.2) is 0 Å². The molecule has 0 radical (unpaired) electrons. The van der Waals surface area contributed by atoms with Crippen molar-refractivity contribution in [2.24, 2.45) is 5.73 Å². The minimum atomic E-state index is -0.517. The third-order valence-corrected chi connectivity index (χ3v) is 3.06. The lowest BCUT2D eigenvalue weighted by Crippen LogP contribution is -2.20. The van der Waals surface area contributed by atoms with Gasteiger partial charge in [-0.3, -0.25) is 10.1 Å². The average molecular weight is 282 g/mol. The van der Waals surface area contributed by atoms with Crippen molar-refractivity contribution in [2.75, 3.05) is 11.9 Å². The summed E-state index contributed by atoms with van der Waals surface area (Å²) in [6.45, 7) is 0.358. The lowest BCUT2D eigenvalue weighted by atomic mass is 10.1. The fourth-order valence-corrected chi connectivity index (χ4v) is 1.94. The summed E-state index contributed by atoms with van der Waals surface area (Å²) in [4.78, 5) is 10.5. The quantitative estimate of drug-likeness (QED) is 0.647. The summed E-state index contributed by atoms with van der Waals surface area (Å²) >= 11 is 0. The molecule has 6 heteroatoms. The Kier molecular flexibility index (Phi) is 4.49. The van der Waals surface area contributed by atoms with Gasteiger partial charge in [0.25, 0.3) is 5.69 Å². The van der Waals surface area contributed by atoms with Crippen LogP contribution in [0, 0.1) is 21.4 Å². The molecule has 0 aliphatic rings. The predicted octanol–water partition coefficient (Wildman–Crippen LogP) is 2.58. The number of nitro groups is 1. The molecule has 0 amide bonds. The van der Waals surface area contributed by atoms with Crippen molar-refractivity contribution in [1.82, 2.24) is 0 Å². The van der Waals surface area contributed by atoms with Crippen LogP contribution in [0.1, 0.15) is 17.2 Å². The molecular weight excluding hydrogens is 268 g/mol. The van der Waals surface area contributed by atoms with E-state index in [2.05, 4.69) is 5.32 Å². The van der Waals surface area contributed by atoms with Crippen LogP contribution >= 0.6 is 0 Å². The van der Waals surface area contributed by atoms with Crippen molar-refractivity contribution in [3.8, 4) is 6.07 Å². The van der Waals surface area contributed by atoms with Gasteiger partial charge in [0.2, 0.25) is 0 Å². The number of hydrogen-bond acceptors (Lipinski definition) is 5. The van der Waals surface area contributed by atoms with Crippen molar-refractivity contribution < 1.29 is 4.92 Å². The Labute approximate surface area is 122 Å². The van der Waals surface area contributed by atoms with Gasteiger partial charge in [-0.1, -0.05) is 30.3 Å². The van der Waals surface area contributed by atoms with E-state index < -0.39 is 4.92 Å². The zero-order valence-electron chi connectivity index (χ0n) is 11.2. The van der Waals surface area contributed by atoms with E-state index in [-0.39, 0.29) is 17.3 Å². The number of nitrogens with zero attached hydrogens (tertiary/aromatic N) is 2. The van der Waals surface area contributed by atoms with Crippen molar-refractivity contribution in [2.45, 2.75) is 6.04 Å². The van der Waals surface area contributed by atoms with Crippen LogP contribution < -0.4 is 11.1 Å². The standard InChI is InChI=1S/C15H14N4O2/c16-9-11-6-7-14(15(8-11)19(20)21)18-10-13(17)12-4-2-1-3-5-12/h1-8,13,18H,10,17H2. The molecule has 3 N–H and O–H groups in total. The molecule has 0 bridgehead atoms. The molecule has 0 aromatic heterocycles. The second-order valence-corrected chi connectivity index (χ2v) is 4.50. The average Bonchev–Trinajstić information content (AvgIpc) is 2.53. The molecule has 0 spiro atoms. The van der Waals surface area contributed by atoms with Crippen molar-refractivity contribution in [3.05, 3.63) is 69.8 Å². The van der Waals surface area contributed by atoms with Crippen molar-refractivity contribution >= 4 is 11.4 Å². The summed E-state index contributed by atoms with van der Waals surface area (Å²) in [7, 11) is 0. The van der Waals surface area contributed by atoms with Crippen LogP contribution in [0.3, 0.4) is 0 Å². The van der Waals surface area contributed by atoms with Crippen LogP contribution in [0.5, 0.6) is 0 Å². The number of nitrogens with two attached hydrogens (primary N) is 1. The molecule has 106 valence electrons. The summed E-state index contributed by atoms with van der Waals surface area (Å²) in [5.74, 6) is 0. The largest absolute Gasteiger partial charge is 0.378 e. The summed E-state index contributed by atoms with van der Waals surface area (Å²) in [5.41, 5.74) is 7.46. The highest BCUT2D eigenvalue weighted by Crippen LogP contribution is 2.25. The third kappa shape index (κ3) is 3.55. The number of rotatable bonds is 5. The monoisotopic (exact) mass is 282 g/mol. The summed E-state index contributed by atoms with van der Waals surface area (Å²) in [6.07, 6.45) is 0. The Morgan fingerprint density at radius 1 is 1.29 bits per heavy atom. The molecule has 21 heavy (non-hydrogen) atoms. The molecule has 2 rings (SSSR count). The third-order valence-electron chi connectivity index (χ3n) is 3.06. The first-order chi connectivity index (χ1) is 10.1. The number of nitrogens with one attached hydrogen (secondary N) is 1. The smallest absolute Gasteiger partial charge is 0.293 e. The highest BCUT2D eigenvalue weighted by molar-refractivity contribution is 5.64. The van der Waals surface area contributed by atoms with Gasteiger partial charge in [-0.05, 0) is 17.7 Å². The SMILES string of the molecule is N#Cc1ccc(NCC(N)c2ccccc2)c([N+](=O)[O-])c1. The summed E-state index contributed by atoms with van der Waals surface area (Å²) in [5, 5.41) is 22.8. The molecule has 1 unspecified atom stereocenters. The Balaban J connectivity index is 2.13. The first-order valence-electron chi connectivity index (χ1n) is 6.34. The second kappa shape index (κ2) is 6.50. The number of nitro benzene ring substituents is 1. The minimum Gasteiger partial charge on any atom is -0.378 e. The normalized spacial score (nSPS) is 11.4. The molecule has 6 nitrogen and oxygen atoms in total. The van der Waals surface area contributed by atoms with Crippen LogP contribution in [-0.4, -0.2) is 11.5 Å². The van der Waals surface area contributed by atoms with Crippen LogP contribution in [0.25, 0.3) is 0 Å². The summed E-state index contributed by atoms with van der Waals surface area (Å²) < 4.78 is 0.